The largest absolute Gasteiger partial charge is 0.497 e. The fourth-order valence-corrected chi connectivity index (χ4v) is 2.42. The van der Waals surface area contributed by atoms with Gasteiger partial charge >= 0.3 is 12.0 Å². The van der Waals surface area contributed by atoms with Gasteiger partial charge in [-0.15, -0.1) is 0 Å². The molecule has 0 radical (unpaired) electrons. The maximum Gasteiger partial charge on any atom is 0.329 e. The van der Waals surface area contributed by atoms with Crippen molar-refractivity contribution in [2.24, 2.45) is 0 Å². The lowest BCUT2D eigenvalue weighted by Crippen LogP contribution is -2.52. The number of urea groups is 1. The molecule has 1 aromatic rings. The molecule has 114 valence electrons. The highest BCUT2D eigenvalue weighted by Gasteiger charge is 2.46. The summed E-state index contributed by atoms with van der Waals surface area (Å²) in [6, 6.07) is 3.32. The number of halogens is 1. The number of carbonyl (C=O) groups excluding carboxylic acids is 1. The molecular weight excluding hydrogens is 279 g/mol. The highest BCUT2D eigenvalue weighted by atomic mass is 19.1. The predicted molar refractivity (Wildman–Crippen MR) is 74.0 cm³/mol. The highest BCUT2D eigenvalue weighted by molar-refractivity contribution is 5.94. The quantitative estimate of drug-likeness (QED) is 0.897. The number of carboxylic acid groups (broad SMARTS) is 1. The van der Waals surface area contributed by atoms with Crippen molar-refractivity contribution >= 4 is 17.7 Å². The minimum atomic E-state index is -1.26. The maximum absolute atomic E-state index is 13.7. The Balaban J connectivity index is 2.20. The van der Waals surface area contributed by atoms with Gasteiger partial charge in [-0.05, 0) is 31.9 Å². The SMILES string of the molecule is COc1ccc(F)c(NC(=O)N2CCCC2(C)C(=O)O)c1. The number of rotatable bonds is 3. The number of methoxy groups -OCH3 is 1. The van der Waals surface area contributed by atoms with E-state index in [0.29, 0.717) is 25.1 Å². The van der Waals surface area contributed by atoms with E-state index in [1.54, 1.807) is 0 Å². The van der Waals surface area contributed by atoms with Crippen molar-refractivity contribution in [1.29, 1.82) is 0 Å². The van der Waals surface area contributed by atoms with Crippen LogP contribution in [0.1, 0.15) is 19.8 Å². The fourth-order valence-electron chi connectivity index (χ4n) is 2.42. The number of aliphatic carboxylic acids is 1. The first-order valence-electron chi connectivity index (χ1n) is 6.54. The average molecular weight is 296 g/mol. The van der Waals surface area contributed by atoms with Crippen LogP contribution in [0.15, 0.2) is 18.2 Å². The number of hydrogen-bond donors (Lipinski definition) is 2. The molecule has 2 amide bonds. The lowest BCUT2D eigenvalue weighted by Gasteiger charge is -2.31. The molecule has 1 aromatic carbocycles. The van der Waals surface area contributed by atoms with Crippen LogP contribution >= 0.6 is 0 Å². The van der Waals surface area contributed by atoms with Gasteiger partial charge in [-0.2, -0.15) is 0 Å². The van der Waals surface area contributed by atoms with E-state index >= 15 is 0 Å². The number of hydrogen-bond acceptors (Lipinski definition) is 3. The molecule has 0 spiro atoms. The van der Waals surface area contributed by atoms with Gasteiger partial charge in [0, 0.05) is 12.6 Å². The topological polar surface area (TPSA) is 78.9 Å². The number of ether oxygens (including phenoxy) is 1. The van der Waals surface area contributed by atoms with Crippen LogP contribution in [0.25, 0.3) is 0 Å². The molecule has 7 heteroatoms. The number of likely N-dealkylation sites (tertiary alicyclic amines) is 1. The van der Waals surface area contributed by atoms with E-state index < -0.39 is 23.4 Å². The van der Waals surface area contributed by atoms with E-state index in [1.165, 1.54) is 37.1 Å². The Morgan fingerprint density at radius 2 is 2.19 bits per heavy atom. The molecule has 1 fully saturated rings. The number of nitrogens with zero attached hydrogens (tertiary/aromatic N) is 1. The number of anilines is 1. The van der Waals surface area contributed by atoms with Gasteiger partial charge in [0.25, 0.3) is 0 Å². The van der Waals surface area contributed by atoms with Crippen LogP contribution in [0.3, 0.4) is 0 Å². The third-order valence-corrected chi connectivity index (χ3v) is 3.76. The summed E-state index contributed by atoms with van der Waals surface area (Å²) in [5.41, 5.74) is -1.31. The normalized spacial score (nSPS) is 21.2. The number of amides is 2. The standard InChI is InChI=1S/C14H17FN2O4/c1-14(12(18)19)6-3-7-17(14)13(20)16-11-8-9(21-2)4-5-10(11)15/h4-5,8H,3,6-7H2,1-2H3,(H,16,20)(H,18,19). The Morgan fingerprint density at radius 1 is 1.48 bits per heavy atom. The molecule has 0 bridgehead atoms. The summed E-state index contributed by atoms with van der Waals surface area (Å²) in [7, 11) is 1.43. The molecule has 0 aliphatic carbocycles. The van der Waals surface area contributed by atoms with Crippen LogP contribution in [0.5, 0.6) is 5.75 Å². The second kappa shape index (κ2) is 5.59. The van der Waals surface area contributed by atoms with Crippen molar-refractivity contribution in [1.82, 2.24) is 4.90 Å². The van der Waals surface area contributed by atoms with E-state index in [0.717, 1.165) is 0 Å². The van der Waals surface area contributed by atoms with Crippen LogP contribution in [-0.4, -0.2) is 41.2 Å². The summed E-state index contributed by atoms with van der Waals surface area (Å²) in [4.78, 5) is 24.8. The molecule has 0 saturated carbocycles. The smallest absolute Gasteiger partial charge is 0.329 e. The zero-order chi connectivity index (χ0) is 15.6. The molecule has 21 heavy (non-hydrogen) atoms. The highest BCUT2D eigenvalue weighted by Crippen LogP contribution is 2.30. The van der Waals surface area contributed by atoms with Crippen molar-refractivity contribution in [2.45, 2.75) is 25.3 Å². The van der Waals surface area contributed by atoms with Gasteiger partial charge in [0.1, 0.15) is 17.1 Å². The summed E-state index contributed by atoms with van der Waals surface area (Å²) in [6.07, 6.45) is 0.965. The monoisotopic (exact) mass is 296 g/mol. The predicted octanol–water partition coefficient (Wildman–Crippen LogP) is 2.31. The summed E-state index contributed by atoms with van der Waals surface area (Å²) >= 11 is 0. The molecular formula is C14H17FN2O4. The van der Waals surface area contributed by atoms with Crippen molar-refractivity contribution in [2.75, 3.05) is 19.0 Å². The van der Waals surface area contributed by atoms with Crippen LogP contribution in [0, 0.1) is 5.82 Å². The summed E-state index contributed by atoms with van der Waals surface area (Å²) in [5.74, 6) is -1.28. The zero-order valence-electron chi connectivity index (χ0n) is 11.9. The first-order chi connectivity index (χ1) is 9.88. The molecule has 1 aliphatic heterocycles. The average Bonchev–Trinajstić information content (AvgIpc) is 2.85. The molecule has 1 atom stereocenters. The van der Waals surface area contributed by atoms with Gasteiger partial charge in [0.05, 0.1) is 12.8 Å². The van der Waals surface area contributed by atoms with Crippen molar-refractivity contribution < 1.29 is 23.8 Å². The lowest BCUT2D eigenvalue weighted by atomic mass is 10.00. The van der Waals surface area contributed by atoms with Crippen LogP contribution < -0.4 is 10.1 Å². The third-order valence-electron chi connectivity index (χ3n) is 3.76. The molecule has 0 aromatic heterocycles. The van der Waals surface area contributed by atoms with E-state index in [4.69, 9.17) is 4.74 Å². The van der Waals surface area contributed by atoms with Gasteiger partial charge in [-0.1, -0.05) is 0 Å². The summed E-state index contributed by atoms with van der Waals surface area (Å²) in [6.45, 7) is 1.81. The van der Waals surface area contributed by atoms with Gasteiger partial charge in [-0.25, -0.2) is 14.0 Å². The zero-order valence-corrected chi connectivity index (χ0v) is 11.9. The number of carboxylic acids is 1. The Kier molecular flexibility index (Phi) is 4.02. The van der Waals surface area contributed by atoms with E-state index in [1.807, 2.05) is 0 Å². The number of carbonyl (C=O) groups is 2. The second-order valence-electron chi connectivity index (χ2n) is 5.11. The molecule has 1 unspecified atom stereocenters. The van der Waals surface area contributed by atoms with Gasteiger partial charge in [0.15, 0.2) is 0 Å². The molecule has 1 heterocycles. The Hall–Kier alpha value is -2.31. The Labute approximate surface area is 121 Å². The van der Waals surface area contributed by atoms with Crippen molar-refractivity contribution in [3.05, 3.63) is 24.0 Å². The van der Waals surface area contributed by atoms with Gasteiger partial charge < -0.3 is 20.1 Å². The van der Waals surface area contributed by atoms with Crippen LogP contribution in [0.4, 0.5) is 14.9 Å². The number of nitrogens with one attached hydrogen (secondary N) is 1. The Morgan fingerprint density at radius 3 is 2.81 bits per heavy atom. The van der Waals surface area contributed by atoms with E-state index in [2.05, 4.69) is 5.32 Å². The fraction of sp³-hybridized carbons (Fsp3) is 0.429. The van der Waals surface area contributed by atoms with Crippen molar-refractivity contribution in [3.8, 4) is 5.75 Å². The van der Waals surface area contributed by atoms with Gasteiger partial charge in [0.2, 0.25) is 0 Å². The minimum Gasteiger partial charge on any atom is -0.497 e. The maximum atomic E-state index is 13.7. The molecule has 6 nitrogen and oxygen atoms in total. The van der Waals surface area contributed by atoms with Crippen molar-refractivity contribution in [3.63, 3.8) is 0 Å². The van der Waals surface area contributed by atoms with E-state index in [-0.39, 0.29) is 5.69 Å². The number of benzene rings is 1. The van der Waals surface area contributed by atoms with Gasteiger partial charge in [-0.3, -0.25) is 0 Å². The van der Waals surface area contributed by atoms with Crippen LogP contribution in [0.2, 0.25) is 0 Å². The molecule has 1 saturated heterocycles. The third kappa shape index (κ3) is 2.76. The first kappa shape index (κ1) is 15.1. The van der Waals surface area contributed by atoms with E-state index in [9.17, 15) is 19.1 Å². The molecule has 2 rings (SSSR count). The molecule has 2 N–H and O–H groups in total. The summed E-state index contributed by atoms with van der Waals surface area (Å²) in [5, 5.41) is 11.7. The molecule has 1 aliphatic rings. The van der Waals surface area contributed by atoms with Crippen LogP contribution in [-0.2, 0) is 4.79 Å². The first-order valence-corrected chi connectivity index (χ1v) is 6.54. The minimum absolute atomic E-state index is 0.0426. The lowest BCUT2D eigenvalue weighted by molar-refractivity contribution is -0.146. The Bertz CT molecular complexity index is 578. The second-order valence-corrected chi connectivity index (χ2v) is 5.11. The summed E-state index contributed by atoms with van der Waals surface area (Å²) < 4.78 is 18.7.